The number of nitrogens with two attached hydrogens (primary N) is 1. The van der Waals surface area contributed by atoms with Crippen LogP contribution in [0.1, 0.15) is 172 Å². The summed E-state index contributed by atoms with van der Waals surface area (Å²) < 4.78 is 43.3. The number of nitrogens with one attached hydrogen (secondary N) is 2. The van der Waals surface area contributed by atoms with E-state index in [0.717, 1.165) is 63.4 Å². The molecule has 524 valence electrons. The van der Waals surface area contributed by atoms with Crippen molar-refractivity contribution < 1.29 is 62.3 Å². The topological polar surface area (TPSA) is 264 Å². The maximum Gasteiger partial charge on any atom is 0.307 e. The number of hydrogen-bond acceptors (Lipinski definition) is 13. The van der Waals surface area contributed by atoms with Crippen LogP contribution in [0.15, 0.2) is 60.9 Å². The minimum atomic E-state index is -1.25. The molecule has 7 N–H and O–H groups in total. The molecule has 0 bridgehead atoms. The number of benzene rings is 2. The van der Waals surface area contributed by atoms with Crippen LogP contribution in [0.5, 0.6) is 0 Å². The monoisotopic (exact) mass is 1430 g/mol. The lowest BCUT2D eigenvalue weighted by Gasteiger charge is -2.51. The number of aliphatic hydroxyl groups is 2. The Labute approximate surface area is 586 Å². The van der Waals surface area contributed by atoms with E-state index in [9.17, 15) is 39.0 Å². The molecule has 4 saturated carbocycles. The fourth-order valence-corrected chi connectivity index (χ4v) is 18.5. The fourth-order valence-electron chi connectivity index (χ4n) is 17.8. The number of amides is 4. The molecule has 4 aromatic rings. The Kier molecular flexibility index (Phi) is 23.4. The lowest BCUT2D eigenvalue weighted by molar-refractivity contribution is -0.142. The largest absolute Gasteiger partial charge is 0.481 e. The molecular formula is C71H90Cl5F2N7O11. The second kappa shape index (κ2) is 30.0. The molecule has 2 aromatic carbocycles. The van der Waals surface area contributed by atoms with Gasteiger partial charge in [0.25, 0.3) is 0 Å². The van der Waals surface area contributed by atoms with E-state index in [-0.39, 0.29) is 131 Å². The van der Waals surface area contributed by atoms with Gasteiger partial charge in [0.1, 0.15) is 5.78 Å². The van der Waals surface area contributed by atoms with Gasteiger partial charge in [-0.05, 0) is 176 Å². The maximum atomic E-state index is 16.2. The third kappa shape index (κ3) is 14.3. The first-order chi connectivity index (χ1) is 45.0. The van der Waals surface area contributed by atoms with Crippen molar-refractivity contribution in [1.29, 1.82) is 0 Å². The summed E-state index contributed by atoms with van der Waals surface area (Å²) in [4.78, 5) is 90.1. The molecule has 0 unspecified atom stereocenters. The fraction of sp³-hybridized carbons (Fsp3) is 0.606. The number of aliphatic hydroxyl groups excluding tert-OH is 2. The average molecular weight is 1430 g/mol. The van der Waals surface area contributed by atoms with Crippen molar-refractivity contribution in [2.24, 2.45) is 45.1 Å². The summed E-state index contributed by atoms with van der Waals surface area (Å²) in [5.41, 5.74) is 5.20. The van der Waals surface area contributed by atoms with Crippen molar-refractivity contribution in [3.63, 3.8) is 0 Å². The second-order valence-electron chi connectivity index (χ2n) is 29.5. The Bertz CT molecular complexity index is 3550. The van der Waals surface area contributed by atoms with E-state index >= 15 is 8.78 Å². The molecule has 8 aliphatic rings. The lowest BCUT2D eigenvalue weighted by Crippen LogP contribution is -2.52. The van der Waals surface area contributed by atoms with Crippen molar-refractivity contribution in [3.8, 4) is 0 Å². The number of ketones is 1. The zero-order chi connectivity index (χ0) is 68.7. The van der Waals surface area contributed by atoms with Crippen LogP contribution in [0, 0.1) is 51.0 Å². The molecule has 12 rings (SSSR count). The number of carbonyl (C=O) groups excluding carboxylic acids is 5. The Hall–Kier alpha value is -5.13. The SMILES string of the molecule is CC(=O)N(CCO)C[C@@H]1CC[C@@H](CC(=O)[C@@H]2CC3(CCC(C)(C)CC3)[C@@]3(C(=O)Nc4cc(Cl)ccc43)[C@H]2c2ccnc(Cl)c2F)CO1.CC(=O)N(CCO)C[C@@H]1CC[C@@H](N)CO1.CC1(C)CCC2(CC1)C[C@@H](C(=O)O)[C@H](c1ccnc(Cl)c1F)[C@]21C(=O)Nc2cc(Cl)ccc21.Cl. The first kappa shape index (κ1) is 75.1. The molecule has 10 atom stereocenters. The quantitative estimate of drug-likeness (QED) is 0.0642. The van der Waals surface area contributed by atoms with E-state index in [4.69, 9.17) is 66.7 Å². The summed E-state index contributed by atoms with van der Waals surface area (Å²) in [7, 11) is 0. The molecule has 96 heavy (non-hydrogen) atoms. The van der Waals surface area contributed by atoms with E-state index in [1.165, 1.54) is 32.3 Å². The van der Waals surface area contributed by atoms with Gasteiger partial charge in [0.2, 0.25) is 23.6 Å². The summed E-state index contributed by atoms with van der Waals surface area (Å²) in [6.07, 6.45) is 13.2. The number of Topliss-reactive ketones (excluding diaryl/α,β-unsaturated/α-hetero) is 1. The van der Waals surface area contributed by atoms with Gasteiger partial charge in [-0.25, -0.2) is 18.7 Å². The van der Waals surface area contributed by atoms with Crippen molar-refractivity contribution in [3.05, 3.63) is 115 Å². The number of rotatable bonds is 14. The summed E-state index contributed by atoms with van der Waals surface area (Å²) >= 11 is 25.0. The molecule has 4 spiro atoms. The van der Waals surface area contributed by atoms with Gasteiger partial charge >= 0.3 is 5.97 Å². The van der Waals surface area contributed by atoms with Crippen molar-refractivity contribution in [2.45, 2.75) is 179 Å². The van der Waals surface area contributed by atoms with Crippen LogP contribution in [-0.2, 0) is 49.1 Å². The Morgan fingerprint density at radius 2 is 1.04 bits per heavy atom. The smallest absolute Gasteiger partial charge is 0.307 e. The summed E-state index contributed by atoms with van der Waals surface area (Å²) in [5.74, 6) is -6.51. The molecule has 0 radical (unpaired) electrons. The lowest BCUT2D eigenvalue weighted by atomic mass is 9.51. The number of carboxylic acid groups (broad SMARTS) is 1. The summed E-state index contributed by atoms with van der Waals surface area (Å²) in [6.45, 7) is 14.2. The number of halogens is 7. The zero-order valence-electron chi connectivity index (χ0n) is 55.3. The van der Waals surface area contributed by atoms with E-state index in [1.54, 1.807) is 46.2 Å². The summed E-state index contributed by atoms with van der Waals surface area (Å²) in [6, 6.07) is 13.8. The normalized spacial score (nSPS) is 28.4. The standard InChI is InChI=1S/C36H44Cl2FN3O5.C25H25Cl2FN2O3.C10H20N2O3.ClH/c1-21(44)42(14-15-43)19-24-6-4-22(20-47-24)16-29(45)26-18-35(11-9-34(2,3)10-12-35)36(30(26)25-8-13-40-32(38)31(25)39)27-7-5-23(37)17-28(27)41-33(36)46;1-23(2)6-8-24(9-7-23)12-15(21(31)32)18(14-5-10-29-20(27)19(14)28)25(24)16-4-3-13(26)11-17(16)30-22(25)33;1-8(14)12(4-5-13)6-10-3-2-9(11)7-15-10;/h5,7-8,13,17,22,24,26,30,43H,4,6,9-12,14-16,18-20H2,1-3H3,(H,41,46);3-5,10-11,15,18H,6-9,12H2,1-2H3,(H,30,33)(H,31,32);9-10,13H,2-7,11H2,1H3;1H/t22-,24-,26-,30-,36+;15-,18+,25-;9-,10+;/m011./s1. The van der Waals surface area contributed by atoms with Crippen LogP contribution in [0.25, 0.3) is 0 Å². The zero-order valence-corrected chi connectivity index (χ0v) is 59.1. The predicted octanol–water partition coefficient (Wildman–Crippen LogP) is 12.7. The number of aromatic nitrogens is 2. The van der Waals surface area contributed by atoms with Gasteiger partial charge in [0.05, 0.1) is 55.4 Å². The molecule has 6 fully saturated rings. The van der Waals surface area contributed by atoms with Crippen molar-refractivity contribution in [2.75, 3.05) is 63.2 Å². The van der Waals surface area contributed by atoms with Gasteiger partial charge in [-0.3, -0.25) is 28.8 Å². The molecule has 4 amide bonds. The van der Waals surface area contributed by atoms with Gasteiger partial charge < -0.3 is 51.0 Å². The molecule has 6 heterocycles. The van der Waals surface area contributed by atoms with Crippen LogP contribution in [0.2, 0.25) is 20.4 Å². The molecule has 2 aromatic heterocycles. The third-order valence-corrected chi connectivity index (χ3v) is 23.8. The molecular weight excluding hydrogens is 1340 g/mol. The Balaban J connectivity index is 0.000000191. The second-order valence-corrected chi connectivity index (χ2v) is 31.0. The van der Waals surface area contributed by atoms with E-state index in [1.807, 2.05) is 6.07 Å². The van der Waals surface area contributed by atoms with Crippen LogP contribution >= 0.6 is 58.8 Å². The van der Waals surface area contributed by atoms with E-state index < -0.39 is 62.9 Å². The number of ether oxygens (including phenoxy) is 2. The number of carboxylic acids is 1. The average Bonchev–Trinajstić information content (AvgIpc) is 1.51. The highest BCUT2D eigenvalue weighted by Gasteiger charge is 2.74. The molecule has 2 saturated heterocycles. The highest BCUT2D eigenvalue weighted by Crippen LogP contribution is 2.74. The Morgan fingerprint density at radius 1 is 0.625 bits per heavy atom. The number of nitrogens with zero attached hydrogens (tertiary/aromatic N) is 4. The highest BCUT2D eigenvalue weighted by molar-refractivity contribution is 6.32. The Morgan fingerprint density at radius 3 is 1.43 bits per heavy atom. The van der Waals surface area contributed by atoms with Crippen LogP contribution in [0.4, 0.5) is 20.2 Å². The third-order valence-electron chi connectivity index (χ3n) is 22.8. The van der Waals surface area contributed by atoms with Crippen molar-refractivity contribution >= 4 is 106 Å². The maximum absolute atomic E-state index is 16.2. The van der Waals surface area contributed by atoms with Gasteiger partial charge in [0.15, 0.2) is 21.9 Å². The van der Waals surface area contributed by atoms with Crippen molar-refractivity contribution in [1.82, 2.24) is 19.8 Å². The highest BCUT2D eigenvalue weighted by atomic mass is 35.5. The van der Waals surface area contributed by atoms with Crippen LogP contribution in [-0.4, -0.2) is 141 Å². The van der Waals surface area contributed by atoms with Gasteiger partial charge in [-0.15, -0.1) is 12.4 Å². The first-order valence-corrected chi connectivity index (χ1v) is 34.8. The van der Waals surface area contributed by atoms with E-state index in [0.29, 0.717) is 85.5 Å². The predicted molar refractivity (Wildman–Crippen MR) is 366 cm³/mol. The number of carbonyl (C=O) groups is 6. The molecule has 4 aliphatic heterocycles. The minimum absolute atomic E-state index is 0. The molecule has 25 heteroatoms. The number of anilines is 2. The molecule has 18 nitrogen and oxygen atoms in total. The summed E-state index contributed by atoms with van der Waals surface area (Å²) in [5, 5.41) is 34.9. The minimum Gasteiger partial charge on any atom is -0.481 e. The van der Waals surface area contributed by atoms with Gasteiger partial charge in [0, 0.05) is 104 Å². The first-order valence-electron chi connectivity index (χ1n) is 33.3. The number of aliphatic carboxylic acids is 1. The van der Waals surface area contributed by atoms with Crippen LogP contribution < -0.4 is 16.4 Å². The van der Waals surface area contributed by atoms with Gasteiger partial charge in [-0.2, -0.15) is 0 Å². The number of hydrogen-bond donors (Lipinski definition) is 6. The van der Waals surface area contributed by atoms with E-state index in [2.05, 4.69) is 48.3 Å². The molecule has 4 aliphatic carbocycles. The van der Waals surface area contributed by atoms with Crippen LogP contribution in [0.3, 0.4) is 0 Å². The number of pyridine rings is 2. The number of fused-ring (bicyclic) bond motifs is 6. The van der Waals surface area contributed by atoms with Gasteiger partial charge in [-0.1, -0.05) is 86.2 Å².